The molecule has 1 aliphatic rings. The summed E-state index contributed by atoms with van der Waals surface area (Å²) < 4.78 is 0. The average molecular weight is 236 g/mol. The maximum absolute atomic E-state index is 8.87. The number of nitrogens with zero attached hydrogens (tertiary/aromatic N) is 1. The molecule has 0 heterocycles. The molecule has 0 spiro atoms. The molecule has 0 amide bonds. The van der Waals surface area contributed by atoms with Crippen molar-refractivity contribution in [2.75, 3.05) is 6.54 Å². The Balaban J connectivity index is 2.36. The van der Waals surface area contributed by atoms with Crippen molar-refractivity contribution >= 4 is 0 Å². The summed E-state index contributed by atoms with van der Waals surface area (Å²) in [5.74, 6) is 0.309. The first-order chi connectivity index (χ1) is 7.76. The lowest BCUT2D eigenvalue weighted by atomic mass is 9.69. The van der Waals surface area contributed by atoms with Crippen LogP contribution < -0.4 is 5.32 Å². The summed E-state index contributed by atoms with van der Waals surface area (Å²) in [5, 5.41) is 12.6. The Labute approximate surface area is 107 Å². The van der Waals surface area contributed by atoms with E-state index in [1.165, 1.54) is 12.8 Å². The minimum atomic E-state index is 0.305. The largest absolute Gasteiger partial charge is 0.313 e. The molecule has 0 aliphatic heterocycles. The number of nitrogens with one attached hydrogen (secondary N) is 1. The first kappa shape index (κ1) is 14.5. The average Bonchev–Trinajstić information content (AvgIpc) is 2.25. The molecule has 1 fully saturated rings. The van der Waals surface area contributed by atoms with E-state index in [-0.39, 0.29) is 0 Å². The van der Waals surface area contributed by atoms with Crippen LogP contribution in [-0.2, 0) is 0 Å². The van der Waals surface area contributed by atoms with Crippen molar-refractivity contribution < 1.29 is 0 Å². The minimum absolute atomic E-state index is 0.305. The molecule has 0 aromatic rings. The lowest BCUT2D eigenvalue weighted by Crippen LogP contribution is -2.44. The van der Waals surface area contributed by atoms with Gasteiger partial charge in [-0.2, -0.15) is 5.26 Å². The van der Waals surface area contributed by atoms with Crippen LogP contribution in [0, 0.1) is 28.1 Å². The van der Waals surface area contributed by atoms with Crippen molar-refractivity contribution in [3.05, 3.63) is 0 Å². The van der Waals surface area contributed by atoms with Crippen molar-refractivity contribution in [1.82, 2.24) is 5.32 Å². The summed E-state index contributed by atoms with van der Waals surface area (Å²) in [7, 11) is 0. The molecule has 2 heteroatoms. The molecule has 98 valence electrons. The maximum atomic E-state index is 8.87. The predicted molar refractivity (Wildman–Crippen MR) is 72.6 cm³/mol. The van der Waals surface area contributed by atoms with Crippen molar-refractivity contribution in [2.45, 2.75) is 66.3 Å². The molecule has 0 atom stereocenters. The molecule has 0 aromatic carbocycles. The third-order valence-corrected chi connectivity index (χ3v) is 4.77. The van der Waals surface area contributed by atoms with E-state index in [2.05, 4.69) is 46.0 Å². The molecule has 1 saturated carbocycles. The van der Waals surface area contributed by atoms with Gasteiger partial charge < -0.3 is 5.32 Å². The van der Waals surface area contributed by atoms with Gasteiger partial charge in [0.15, 0.2) is 0 Å². The molecular formula is C15H28N2. The summed E-state index contributed by atoms with van der Waals surface area (Å²) in [4.78, 5) is 0. The molecule has 0 unspecified atom stereocenters. The van der Waals surface area contributed by atoms with Crippen LogP contribution in [0.1, 0.15) is 60.3 Å². The molecule has 0 aromatic heterocycles. The van der Waals surface area contributed by atoms with E-state index in [1.807, 2.05) is 0 Å². The Kier molecular flexibility index (Phi) is 4.61. The van der Waals surface area contributed by atoms with Crippen LogP contribution in [0.25, 0.3) is 0 Å². The zero-order valence-electron chi connectivity index (χ0n) is 12.1. The lowest BCUT2D eigenvalue weighted by Gasteiger charge is -2.40. The van der Waals surface area contributed by atoms with Crippen LogP contribution >= 0.6 is 0 Å². The van der Waals surface area contributed by atoms with E-state index in [0.29, 0.717) is 22.8 Å². The Hall–Kier alpha value is -0.550. The van der Waals surface area contributed by atoms with Crippen LogP contribution in [0.5, 0.6) is 0 Å². The molecule has 1 rings (SSSR count). The van der Waals surface area contributed by atoms with E-state index in [9.17, 15) is 0 Å². The van der Waals surface area contributed by atoms with Gasteiger partial charge in [-0.3, -0.25) is 0 Å². The first-order valence-corrected chi connectivity index (χ1v) is 6.89. The normalized spacial score (nSPS) is 26.6. The molecule has 17 heavy (non-hydrogen) atoms. The first-order valence-electron chi connectivity index (χ1n) is 6.89. The minimum Gasteiger partial charge on any atom is -0.313 e. The van der Waals surface area contributed by atoms with Crippen LogP contribution in [0.15, 0.2) is 0 Å². The number of hydrogen-bond donors (Lipinski definition) is 1. The standard InChI is InChI=1S/C15H28N2/c1-14(2,3)15(4,5)11-17-13-8-6-12(10-16)7-9-13/h12-13,17H,6-9,11H2,1-5H3. The van der Waals surface area contributed by atoms with Crippen LogP contribution in [0.4, 0.5) is 0 Å². The highest BCUT2D eigenvalue weighted by atomic mass is 14.9. The van der Waals surface area contributed by atoms with Crippen molar-refractivity contribution in [3.63, 3.8) is 0 Å². The van der Waals surface area contributed by atoms with E-state index >= 15 is 0 Å². The second-order valence-electron chi connectivity index (χ2n) is 7.19. The lowest BCUT2D eigenvalue weighted by molar-refractivity contribution is 0.120. The molecule has 2 nitrogen and oxygen atoms in total. The van der Waals surface area contributed by atoms with Crippen LogP contribution in [-0.4, -0.2) is 12.6 Å². The van der Waals surface area contributed by atoms with Gasteiger partial charge in [-0.25, -0.2) is 0 Å². The Morgan fingerprint density at radius 1 is 1.06 bits per heavy atom. The highest BCUT2D eigenvalue weighted by Gasteiger charge is 2.33. The summed E-state index contributed by atoms with van der Waals surface area (Å²) in [6, 6.07) is 3.02. The fraction of sp³-hybridized carbons (Fsp3) is 0.933. The summed E-state index contributed by atoms with van der Waals surface area (Å²) >= 11 is 0. The van der Waals surface area contributed by atoms with Gasteiger partial charge >= 0.3 is 0 Å². The zero-order valence-corrected chi connectivity index (χ0v) is 12.1. The van der Waals surface area contributed by atoms with Crippen molar-refractivity contribution in [3.8, 4) is 6.07 Å². The molecule has 0 bridgehead atoms. The van der Waals surface area contributed by atoms with Gasteiger partial charge in [0.2, 0.25) is 0 Å². The topological polar surface area (TPSA) is 35.8 Å². The summed E-state index contributed by atoms with van der Waals surface area (Å²) in [6.45, 7) is 12.7. The Morgan fingerprint density at radius 2 is 1.59 bits per heavy atom. The van der Waals surface area contributed by atoms with E-state index in [1.54, 1.807) is 0 Å². The van der Waals surface area contributed by atoms with Gasteiger partial charge in [0.25, 0.3) is 0 Å². The molecule has 0 radical (unpaired) electrons. The van der Waals surface area contributed by atoms with Gasteiger partial charge in [-0.1, -0.05) is 34.6 Å². The third kappa shape index (κ3) is 4.00. The summed E-state index contributed by atoms with van der Waals surface area (Å²) in [5.41, 5.74) is 0.628. The second kappa shape index (κ2) is 5.40. The number of nitriles is 1. The Bertz CT molecular complexity index is 272. The quantitative estimate of drug-likeness (QED) is 0.810. The maximum Gasteiger partial charge on any atom is 0.0655 e. The number of rotatable bonds is 3. The summed E-state index contributed by atoms with van der Waals surface area (Å²) in [6.07, 6.45) is 4.48. The van der Waals surface area contributed by atoms with Gasteiger partial charge in [-0.15, -0.1) is 0 Å². The zero-order chi connectivity index (χ0) is 13.1. The van der Waals surface area contributed by atoms with Gasteiger partial charge in [0.05, 0.1) is 6.07 Å². The Morgan fingerprint density at radius 3 is 2.00 bits per heavy atom. The fourth-order valence-electron chi connectivity index (χ4n) is 2.09. The molecule has 0 saturated heterocycles. The van der Waals surface area contributed by atoms with Crippen molar-refractivity contribution in [1.29, 1.82) is 5.26 Å². The highest BCUT2D eigenvalue weighted by Crippen LogP contribution is 2.37. The van der Waals surface area contributed by atoms with Crippen LogP contribution in [0.2, 0.25) is 0 Å². The molecular weight excluding hydrogens is 208 g/mol. The monoisotopic (exact) mass is 236 g/mol. The SMILES string of the molecule is CC(C)(C)C(C)(C)CNC1CCC(C#N)CC1. The molecule has 1 aliphatic carbocycles. The fourth-order valence-corrected chi connectivity index (χ4v) is 2.09. The molecule has 1 N–H and O–H groups in total. The van der Waals surface area contributed by atoms with E-state index < -0.39 is 0 Å². The van der Waals surface area contributed by atoms with Crippen LogP contribution in [0.3, 0.4) is 0 Å². The third-order valence-electron chi connectivity index (χ3n) is 4.77. The van der Waals surface area contributed by atoms with Crippen molar-refractivity contribution in [2.24, 2.45) is 16.7 Å². The van der Waals surface area contributed by atoms with Gasteiger partial charge in [0, 0.05) is 18.5 Å². The second-order valence-corrected chi connectivity index (χ2v) is 7.19. The van der Waals surface area contributed by atoms with E-state index in [4.69, 9.17) is 5.26 Å². The number of hydrogen-bond acceptors (Lipinski definition) is 2. The van der Waals surface area contributed by atoms with Gasteiger partial charge in [0.1, 0.15) is 0 Å². The van der Waals surface area contributed by atoms with Gasteiger partial charge in [-0.05, 0) is 36.5 Å². The smallest absolute Gasteiger partial charge is 0.0655 e. The van der Waals surface area contributed by atoms with E-state index in [0.717, 1.165) is 19.4 Å². The predicted octanol–water partition coefficient (Wildman–Crippen LogP) is 3.73. The highest BCUT2D eigenvalue weighted by molar-refractivity contribution is 4.91.